The van der Waals surface area contributed by atoms with E-state index in [1.807, 2.05) is 76.2 Å². The van der Waals surface area contributed by atoms with Gasteiger partial charge in [0.05, 0.1) is 38.0 Å². The molecule has 3 aromatic carbocycles. The normalized spacial score (nSPS) is 20.4. The minimum absolute atomic E-state index is 0.0993. The summed E-state index contributed by atoms with van der Waals surface area (Å²) in [6.45, 7) is 13.8. The number of carbonyl (C=O) groups excluding carboxylic acids is 2. The van der Waals surface area contributed by atoms with Gasteiger partial charge in [0.25, 0.3) is 0 Å². The maximum absolute atomic E-state index is 14.9. The van der Waals surface area contributed by atoms with Gasteiger partial charge in [-0.1, -0.05) is 74.3 Å². The fraction of sp³-hybridized carbons (Fsp3) is 0.447. The van der Waals surface area contributed by atoms with E-state index in [-0.39, 0.29) is 17.4 Å². The molecule has 260 valence electrons. The van der Waals surface area contributed by atoms with E-state index in [1.165, 1.54) is 0 Å². The van der Waals surface area contributed by atoms with Gasteiger partial charge in [-0.15, -0.1) is 0 Å². The summed E-state index contributed by atoms with van der Waals surface area (Å²) in [5, 5.41) is 1.24. The summed E-state index contributed by atoms with van der Waals surface area (Å²) >= 11 is 12.7. The Bertz CT molecular complexity index is 1660. The van der Waals surface area contributed by atoms with E-state index in [9.17, 15) is 9.59 Å². The van der Waals surface area contributed by atoms with Crippen molar-refractivity contribution in [2.45, 2.75) is 45.2 Å². The first-order chi connectivity index (χ1) is 23.5. The average Bonchev–Trinajstić information content (AvgIpc) is 3.49. The number of hydrogen-bond donors (Lipinski definition) is 0. The van der Waals surface area contributed by atoms with Crippen LogP contribution in [-0.2, 0) is 14.9 Å². The summed E-state index contributed by atoms with van der Waals surface area (Å²) in [5.74, 6) is 1.34. The number of urea groups is 1. The van der Waals surface area contributed by atoms with Crippen LogP contribution in [0.5, 0.6) is 5.75 Å². The van der Waals surface area contributed by atoms with Gasteiger partial charge in [-0.25, -0.2) is 4.79 Å². The molecule has 6 rings (SSSR count). The minimum atomic E-state index is -0.460. The third-order valence-corrected chi connectivity index (χ3v) is 9.95. The Balaban J connectivity index is 1.37. The van der Waals surface area contributed by atoms with E-state index in [4.69, 9.17) is 37.7 Å². The second kappa shape index (κ2) is 15.1. The molecule has 2 fully saturated rings. The molecule has 2 atom stereocenters. The molecule has 3 heterocycles. The van der Waals surface area contributed by atoms with Crippen molar-refractivity contribution in [1.82, 2.24) is 19.6 Å². The number of morpholine rings is 1. The number of ether oxygens (including phenoxy) is 2. The van der Waals surface area contributed by atoms with Gasteiger partial charge in [-0.05, 0) is 65.4 Å². The van der Waals surface area contributed by atoms with Crippen LogP contribution in [0.4, 0.5) is 4.79 Å². The molecule has 3 aromatic rings. The molecular formula is C38H45Cl2N5O4. The van der Waals surface area contributed by atoms with Crippen LogP contribution in [0.25, 0.3) is 0 Å². The second-order valence-corrected chi connectivity index (χ2v) is 14.6. The quantitative estimate of drug-likeness (QED) is 0.269. The molecule has 3 amide bonds. The van der Waals surface area contributed by atoms with E-state index in [0.29, 0.717) is 87.3 Å². The number of aliphatic imine (C=N–C) groups is 1. The maximum Gasteiger partial charge on any atom is 0.326 e. The van der Waals surface area contributed by atoms with Crippen molar-refractivity contribution in [3.8, 4) is 5.75 Å². The van der Waals surface area contributed by atoms with Crippen molar-refractivity contribution < 1.29 is 19.1 Å². The number of piperazine rings is 1. The van der Waals surface area contributed by atoms with Gasteiger partial charge < -0.3 is 19.3 Å². The number of benzene rings is 3. The molecule has 3 aliphatic heterocycles. The Morgan fingerprint density at radius 3 is 2.04 bits per heavy atom. The van der Waals surface area contributed by atoms with E-state index >= 15 is 0 Å². The summed E-state index contributed by atoms with van der Waals surface area (Å²) < 4.78 is 11.7. The second-order valence-electron chi connectivity index (χ2n) is 13.7. The van der Waals surface area contributed by atoms with Crippen molar-refractivity contribution in [2.24, 2.45) is 4.99 Å². The third-order valence-electron chi connectivity index (χ3n) is 9.45. The largest absolute Gasteiger partial charge is 0.493 e. The van der Waals surface area contributed by atoms with Crippen LogP contribution in [0.15, 0.2) is 71.7 Å². The first-order valence-electron chi connectivity index (χ1n) is 17.1. The number of carbonyl (C=O) groups is 2. The van der Waals surface area contributed by atoms with Crippen molar-refractivity contribution in [2.75, 3.05) is 65.6 Å². The monoisotopic (exact) mass is 705 g/mol. The zero-order valence-electron chi connectivity index (χ0n) is 28.7. The van der Waals surface area contributed by atoms with Crippen LogP contribution in [0.1, 0.15) is 62.0 Å². The number of amidine groups is 1. The molecule has 0 radical (unpaired) electrons. The lowest BCUT2D eigenvalue weighted by Crippen LogP contribution is -2.56. The fourth-order valence-electron chi connectivity index (χ4n) is 6.66. The number of rotatable bonds is 7. The summed E-state index contributed by atoms with van der Waals surface area (Å²) in [4.78, 5) is 40.9. The van der Waals surface area contributed by atoms with Gasteiger partial charge in [-0.2, -0.15) is 0 Å². The molecule has 0 spiro atoms. The van der Waals surface area contributed by atoms with Crippen molar-refractivity contribution in [3.05, 3.63) is 99.0 Å². The van der Waals surface area contributed by atoms with Crippen molar-refractivity contribution in [1.29, 1.82) is 0 Å². The lowest BCUT2D eigenvalue weighted by molar-refractivity contribution is -0.136. The molecule has 0 saturated carbocycles. The highest BCUT2D eigenvalue weighted by atomic mass is 35.5. The van der Waals surface area contributed by atoms with Gasteiger partial charge in [0.2, 0.25) is 5.91 Å². The Kier molecular flexibility index (Phi) is 10.8. The highest BCUT2D eigenvalue weighted by Crippen LogP contribution is 2.46. The molecule has 0 N–H and O–H groups in total. The minimum Gasteiger partial charge on any atom is -0.493 e. The van der Waals surface area contributed by atoms with Crippen LogP contribution in [0.3, 0.4) is 0 Å². The summed E-state index contributed by atoms with van der Waals surface area (Å²) in [6, 6.07) is 20.5. The number of hydrogen-bond acceptors (Lipinski definition) is 6. The summed E-state index contributed by atoms with van der Waals surface area (Å²) in [6.07, 6.45) is 0. The highest BCUT2D eigenvalue weighted by molar-refractivity contribution is 6.30. The fourth-order valence-corrected chi connectivity index (χ4v) is 6.91. The molecule has 11 heteroatoms. The molecule has 3 aliphatic rings. The molecule has 0 aromatic heterocycles. The van der Waals surface area contributed by atoms with E-state index < -0.39 is 12.1 Å². The van der Waals surface area contributed by atoms with Crippen LogP contribution >= 0.6 is 23.2 Å². The van der Waals surface area contributed by atoms with Gasteiger partial charge in [0.15, 0.2) is 0 Å². The number of amides is 3. The Morgan fingerprint density at radius 2 is 1.45 bits per heavy atom. The van der Waals surface area contributed by atoms with Gasteiger partial charge in [0, 0.05) is 49.3 Å². The van der Waals surface area contributed by atoms with Crippen molar-refractivity contribution >= 4 is 41.0 Å². The molecule has 9 nitrogen and oxygen atoms in total. The molecule has 2 saturated heterocycles. The predicted octanol–water partition coefficient (Wildman–Crippen LogP) is 6.83. The van der Waals surface area contributed by atoms with Gasteiger partial charge >= 0.3 is 6.03 Å². The first-order valence-corrected chi connectivity index (χ1v) is 17.8. The lowest BCUT2D eigenvalue weighted by atomic mass is 9.86. The summed E-state index contributed by atoms with van der Waals surface area (Å²) in [5.41, 5.74) is 3.64. The average molecular weight is 707 g/mol. The van der Waals surface area contributed by atoms with E-state index in [0.717, 1.165) is 22.3 Å². The van der Waals surface area contributed by atoms with Crippen LogP contribution in [0, 0.1) is 0 Å². The number of nitrogens with zero attached hydrogens (tertiary/aromatic N) is 5. The molecule has 0 aliphatic carbocycles. The maximum atomic E-state index is 14.9. The topological polar surface area (TPSA) is 77.9 Å². The third kappa shape index (κ3) is 7.91. The zero-order valence-corrected chi connectivity index (χ0v) is 30.2. The number of halogens is 2. The van der Waals surface area contributed by atoms with Crippen LogP contribution in [0.2, 0.25) is 10.0 Å². The Morgan fingerprint density at radius 1 is 0.837 bits per heavy atom. The smallest absolute Gasteiger partial charge is 0.326 e. The zero-order chi connectivity index (χ0) is 34.7. The standard InChI is InChI=1S/C38H45Cl2N5O4/c1-5-49-32-24-28(38(2,3)4)10-15-31(32)36-41-34(26-6-11-29(39)12-7-26)35(27-8-13-30(40)14-9-27)45(36)37(47)44-18-16-42(17-19-44)25-33(46)43-20-22-48-23-21-43/h6-15,24,34-35H,5,16-23,25H2,1-4H3/t34-,35+/m0/s1. The molecule has 49 heavy (non-hydrogen) atoms. The van der Waals surface area contributed by atoms with E-state index in [2.05, 4.69) is 37.8 Å². The Hall–Kier alpha value is -3.63. The van der Waals surface area contributed by atoms with Gasteiger partial charge in [-0.3, -0.25) is 19.6 Å². The first kappa shape index (κ1) is 35.2. The molecular weight excluding hydrogens is 661 g/mol. The van der Waals surface area contributed by atoms with Gasteiger partial charge in [0.1, 0.15) is 17.6 Å². The molecule has 0 bridgehead atoms. The predicted molar refractivity (Wildman–Crippen MR) is 194 cm³/mol. The summed E-state index contributed by atoms with van der Waals surface area (Å²) in [7, 11) is 0. The lowest BCUT2D eigenvalue weighted by Gasteiger charge is -2.39. The Labute approximate surface area is 299 Å². The SMILES string of the molecule is CCOc1cc(C(C)(C)C)ccc1C1=N[C@@H](c2ccc(Cl)cc2)[C@@H](c2ccc(Cl)cc2)N1C(=O)N1CCN(CC(=O)N2CCOCC2)CC1. The highest BCUT2D eigenvalue weighted by Gasteiger charge is 2.45. The van der Waals surface area contributed by atoms with Crippen molar-refractivity contribution in [3.63, 3.8) is 0 Å². The van der Waals surface area contributed by atoms with E-state index in [1.54, 1.807) is 0 Å². The molecule has 0 unspecified atom stereocenters. The van der Waals surface area contributed by atoms with Crippen LogP contribution in [-0.4, -0.2) is 103 Å². The van der Waals surface area contributed by atoms with Crippen LogP contribution < -0.4 is 4.74 Å².